The van der Waals surface area contributed by atoms with Crippen LogP contribution in [0.1, 0.15) is 11.4 Å². The van der Waals surface area contributed by atoms with E-state index in [1.807, 2.05) is 30.3 Å². The second-order valence-electron chi connectivity index (χ2n) is 3.53. The van der Waals surface area contributed by atoms with Crippen LogP contribution in [0.4, 0.5) is 0 Å². The Morgan fingerprint density at radius 1 is 1.25 bits per heavy atom. The maximum absolute atomic E-state index is 10.9. The summed E-state index contributed by atoms with van der Waals surface area (Å²) in [6, 6.07) is 9.88. The van der Waals surface area contributed by atoms with Crippen molar-refractivity contribution in [2.45, 2.75) is 13.1 Å². The third-order valence-corrected chi connectivity index (χ3v) is 2.29. The molecular weight excluding hydrogens is 202 g/mol. The van der Waals surface area contributed by atoms with Gasteiger partial charge in [-0.05, 0) is 5.56 Å². The van der Waals surface area contributed by atoms with Crippen molar-refractivity contribution in [3.63, 3.8) is 0 Å². The van der Waals surface area contributed by atoms with Gasteiger partial charge in [-0.25, -0.2) is 4.98 Å². The van der Waals surface area contributed by atoms with Gasteiger partial charge in [-0.2, -0.15) is 0 Å². The molecule has 1 N–H and O–H groups in total. The monoisotopic (exact) mass is 215 g/mol. The van der Waals surface area contributed by atoms with Gasteiger partial charge in [0.05, 0.1) is 6.54 Å². The van der Waals surface area contributed by atoms with Crippen molar-refractivity contribution in [2.75, 3.05) is 0 Å². The Morgan fingerprint density at radius 2 is 2.06 bits per heavy atom. The van der Waals surface area contributed by atoms with Crippen LogP contribution in [0.3, 0.4) is 0 Å². The quantitative estimate of drug-likeness (QED) is 0.769. The van der Waals surface area contributed by atoms with Gasteiger partial charge in [0.15, 0.2) is 0 Å². The summed E-state index contributed by atoms with van der Waals surface area (Å²) in [4.78, 5) is 19.7. The van der Waals surface area contributed by atoms with Crippen LogP contribution in [0.15, 0.2) is 42.7 Å². The molecule has 0 atom stereocenters. The summed E-state index contributed by atoms with van der Waals surface area (Å²) >= 11 is 0. The van der Waals surface area contributed by atoms with Crippen LogP contribution >= 0.6 is 0 Å². The Bertz CT molecular complexity index is 425. The first-order chi connectivity index (χ1) is 7.88. The van der Waals surface area contributed by atoms with E-state index in [-0.39, 0.29) is 0 Å². The number of rotatable bonds is 5. The van der Waals surface area contributed by atoms with Gasteiger partial charge in [-0.1, -0.05) is 30.3 Å². The fourth-order valence-electron chi connectivity index (χ4n) is 1.53. The standard InChI is InChI=1S/C12H13N3O/c16-10-15(9-12-13-6-7-14-12)8-11-4-2-1-3-5-11/h1-7,10H,8-9H2,(H,13,14). The zero-order chi connectivity index (χ0) is 11.2. The highest BCUT2D eigenvalue weighted by Crippen LogP contribution is 2.05. The van der Waals surface area contributed by atoms with E-state index in [4.69, 9.17) is 0 Å². The van der Waals surface area contributed by atoms with Gasteiger partial charge >= 0.3 is 0 Å². The molecule has 0 fully saturated rings. The number of imidazole rings is 1. The van der Waals surface area contributed by atoms with Crippen LogP contribution in [0, 0.1) is 0 Å². The molecule has 16 heavy (non-hydrogen) atoms. The highest BCUT2D eigenvalue weighted by Gasteiger charge is 2.05. The molecule has 0 bridgehead atoms. The molecule has 0 aliphatic rings. The number of carbonyl (C=O) groups is 1. The number of benzene rings is 1. The Kier molecular flexibility index (Phi) is 3.33. The lowest BCUT2D eigenvalue weighted by Crippen LogP contribution is -2.21. The lowest BCUT2D eigenvalue weighted by Gasteiger charge is -2.15. The minimum atomic E-state index is 0.505. The Labute approximate surface area is 93.9 Å². The summed E-state index contributed by atoms with van der Waals surface area (Å²) in [6.07, 6.45) is 4.27. The predicted octanol–water partition coefficient (Wildman–Crippen LogP) is 1.57. The molecule has 0 saturated heterocycles. The molecule has 0 radical (unpaired) electrons. The summed E-state index contributed by atoms with van der Waals surface area (Å²) in [5.74, 6) is 0.794. The van der Waals surface area contributed by atoms with E-state index in [1.165, 1.54) is 0 Å². The van der Waals surface area contributed by atoms with Crippen molar-refractivity contribution in [3.05, 3.63) is 54.1 Å². The third-order valence-electron chi connectivity index (χ3n) is 2.29. The fourth-order valence-corrected chi connectivity index (χ4v) is 1.53. The molecule has 0 aliphatic carbocycles. The van der Waals surface area contributed by atoms with Crippen LogP contribution in [-0.2, 0) is 17.9 Å². The molecule has 4 heteroatoms. The van der Waals surface area contributed by atoms with Gasteiger partial charge < -0.3 is 9.88 Å². The summed E-state index contributed by atoms with van der Waals surface area (Å²) in [5, 5.41) is 0. The average molecular weight is 215 g/mol. The average Bonchev–Trinajstić information content (AvgIpc) is 2.82. The summed E-state index contributed by atoms with van der Waals surface area (Å²) in [7, 11) is 0. The highest BCUT2D eigenvalue weighted by molar-refractivity contribution is 5.47. The minimum Gasteiger partial charge on any atom is -0.347 e. The van der Waals surface area contributed by atoms with Crippen LogP contribution in [-0.4, -0.2) is 21.3 Å². The molecule has 1 amide bonds. The first-order valence-electron chi connectivity index (χ1n) is 5.10. The largest absolute Gasteiger partial charge is 0.347 e. The molecule has 0 spiro atoms. The first-order valence-corrected chi connectivity index (χ1v) is 5.10. The summed E-state index contributed by atoms with van der Waals surface area (Å²) in [6.45, 7) is 1.11. The number of aromatic nitrogens is 2. The van der Waals surface area contributed by atoms with Gasteiger partial charge in [0.1, 0.15) is 5.82 Å². The molecule has 0 unspecified atom stereocenters. The summed E-state index contributed by atoms with van der Waals surface area (Å²) in [5.41, 5.74) is 1.11. The predicted molar refractivity (Wildman–Crippen MR) is 60.3 cm³/mol. The first kappa shape index (κ1) is 10.4. The van der Waals surface area contributed by atoms with Crippen molar-refractivity contribution >= 4 is 6.41 Å². The number of hydrogen-bond donors (Lipinski definition) is 1. The van der Waals surface area contributed by atoms with E-state index in [0.29, 0.717) is 13.1 Å². The summed E-state index contributed by atoms with van der Waals surface area (Å²) < 4.78 is 0. The van der Waals surface area contributed by atoms with E-state index in [2.05, 4.69) is 9.97 Å². The maximum atomic E-state index is 10.9. The van der Waals surface area contributed by atoms with Gasteiger partial charge in [0.2, 0.25) is 6.41 Å². The van der Waals surface area contributed by atoms with Gasteiger partial charge in [0.25, 0.3) is 0 Å². The van der Waals surface area contributed by atoms with E-state index >= 15 is 0 Å². The van der Waals surface area contributed by atoms with Crippen LogP contribution < -0.4 is 0 Å². The van der Waals surface area contributed by atoms with Crippen molar-refractivity contribution in [3.8, 4) is 0 Å². The Morgan fingerprint density at radius 3 is 2.69 bits per heavy atom. The molecule has 1 heterocycles. The number of nitrogens with one attached hydrogen (secondary N) is 1. The molecule has 2 aromatic rings. The van der Waals surface area contributed by atoms with Crippen molar-refractivity contribution in [1.82, 2.24) is 14.9 Å². The molecule has 1 aromatic heterocycles. The molecule has 82 valence electrons. The third kappa shape index (κ3) is 2.70. The number of H-pyrrole nitrogens is 1. The molecule has 0 aliphatic heterocycles. The van der Waals surface area contributed by atoms with Crippen LogP contribution in [0.2, 0.25) is 0 Å². The van der Waals surface area contributed by atoms with E-state index in [0.717, 1.165) is 17.8 Å². The molecule has 1 aromatic carbocycles. The van der Waals surface area contributed by atoms with Gasteiger partial charge in [-0.15, -0.1) is 0 Å². The minimum absolute atomic E-state index is 0.505. The zero-order valence-corrected chi connectivity index (χ0v) is 8.84. The van der Waals surface area contributed by atoms with E-state index in [9.17, 15) is 4.79 Å². The van der Waals surface area contributed by atoms with Gasteiger partial charge in [-0.3, -0.25) is 4.79 Å². The highest BCUT2D eigenvalue weighted by atomic mass is 16.1. The molecule has 4 nitrogen and oxygen atoms in total. The number of carbonyl (C=O) groups excluding carboxylic acids is 1. The Hall–Kier alpha value is -2.10. The number of nitrogens with zero attached hydrogens (tertiary/aromatic N) is 2. The van der Waals surface area contributed by atoms with Crippen molar-refractivity contribution in [1.29, 1.82) is 0 Å². The molecule has 0 saturated carbocycles. The number of amides is 1. The lowest BCUT2D eigenvalue weighted by atomic mass is 10.2. The second kappa shape index (κ2) is 5.11. The normalized spacial score (nSPS) is 10.0. The van der Waals surface area contributed by atoms with Crippen molar-refractivity contribution < 1.29 is 4.79 Å². The fraction of sp³-hybridized carbons (Fsp3) is 0.167. The SMILES string of the molecule is O=CN(Cc1ccccc1)Cc1ncc[nH]1. The lowest BCUT2D eigenvalue weighted by molar-refractivity contribution is -0.119. The zero-order valence-electron chi connectivity index (χ0n) is 8.84. The smallest absolute Gasteiger partial charge is 0.210 e. The topological polar surface area (TPSA) is 49.0 Å². The number of hydrogen-bond acceptors (Lipinski definition) is 2. The van der Waals surface area contributed by atoms with Gasteiger partial charge in [0, 0.05) is 18.9 Å². The second-order valence-corrected chi connectivity index (χ2v) is 3.53. The van der Waals surface area contributed by atoms with Crippen LogP contribution in [0.5, 0.6) is 0 Å². The molecular formula is C12H13N3O. The van der Waals surface area contributed by atoms with E-state index < -0.39 is 0 Å². The van der Waals surface area contributed by atoms with Crippen LogP contribution in [0.25, 0.3) is 0 Å². The maximum Gasteiger partial charge on any atom is 0.210 e. The Balaban J connectivity index is 1.99. The van der Waals surface area contributed by atoms with Crippen molar-refractivity contribution in [2.24, 2.45) is 0 Å². The van der Waals surface area contributed by atoms with E-state index in [1.54, 1.807) is 17.3 Å². The number of aromatic amines is 1. The molecule has 2 rings (SSSR count).